The molecule has 0 amide bonds. The summed E-state index contributed by atoms with van der Waals surface area (Å²) in [6.07, 6.45) is 3.32. The van der Waals surface area contributed by atoms with Gasteiger partial charge in [-0.3, -0.25) is 0 Å². The van der Waals surface area contributed by atoms with E-state index in [0.29, 0.717) is 11.4 Å². The smallest absolute Gasteiger partial charge is 0.141 e. The highest BCUT2D eigenvalue weighted by Crippen LogP contribution is 2.36. The summed E-state index contributed by atoms with van der Waals surface area (Å²) < 4.78 is 0. The number of nitrogens with zero attached hydrogens (tertiary/aromatic N) is 2. The van der Waals surface area contributed by atoms with Gasteiger partial charge in [-0.2, -0.15) is 5.26 Å². The normalized spacial score (nSPS) is 17.9. The van der Waals surface area contributed by atoms with Crippen LogP contribution in [-0.4, -0.2) is 4.98 Å². The van der Waals surface area contributed by atoms with Crippen molar-refractivity contribution in [1.29, 1.82) is 5.26 Å². The first-order chi connectivity index (χ1) is 7.04. The van der Waals surface area contributed by atoms with E-state index in [1.165, 1.54) is 5.56 Å². The van der Waals surface area contributed by atoms with Crippen LogP contribution < -0.4 is 5.73 Å². The van der Waals surface area contributed by atoms with Crippen LogP contribution in [0, 0.1) is 11.3 Å². The molecule has 0 atom stereocenters. The zero-order chi connectivity index (χ0) is 11.1. The summed E-state index contributed by atoms with van der Waals surface area (Å²) in [6, 6.07) is 3.99. The molecule has 0 spiro atoms. The fourth-order valence-electron chi connectivity index (χ4n) is 2.27. The minimum absolute atomic E-state index is 0.0929. The number of anilines is 1. The van der Waals surface area contributed by atoms with Crippen molar-refractivity contribution in [3.63, 3.8) is 0 Å². The van der Waals surface area contributed by atoms with Crippen LogP contribution in [0.5, 0.6) is 0 Å². The van der Waals surface area contributed by atoms with E-state index in [1.54, 1.807) is 0 Å². The molecule has 0 saturated heterocycles. The average Bonchev–Trinajstić information content (AvgIpc) is 2.18. The summed E-state index contributed by atoms with van der Waals surface area (Å²) in [4.78, 5) is 4.39. The van der Waals surface area contributed by atoms with Gasteiger partial charge in [0.05, 0.1) is 11.3 Å². The molecule has 1 aliphatic rings. The van der Waals surface area contributed by atoms with Crippen LogP contribution in [-0.2, 0) is 11.8 Å². The fourth-order valence-corrected chi connectivity index (χ4v) is 2.27. The molecule has 1 aromatic rings. The maximum Gasteiger partial charge on any atom is 0.141 e. The average molecular weight is 201 g/mol. The van der Waals surface area contributed by atoms with Crippen LogP contribution in [0.3, 0.4) is 0 Å². The number of rotatable bonds is 0. The first-order valence-electron chi connectivity index (χ1n) is 5.24. The molecule has 3 nitrogen and oxygen atoms in total. The minimum Gasteiger partial charge on any atom is -0.383 e. The molecule has 0 aliphatic heterocycles. The third-order valence-electron chi connectivity index (χ3n) is 3.14. The van der Waals surface area contributed by atoms with Crippen molar-refractivity contribution in [1.82, 2.24) is 4.98 Å². The van der Waals surface area contributed by atoms with Crippen LogP contribution in [0.1, 0.15) is 43.5 Å². The van der Waals surface area contributed by atoms with E-state index in [0.717, 1.165) is 25.0 Å². The van der Waals surface area contributed by atoms with Crippen molar-refractivity contribution < 1.29 is 0 Å². The van der Waals surface area contributed by atoms with E-state index in [-0.39, 0.29) is 5.41 Å². The highest BCUT2D eigenvalue weighted by atomic mass is 14.9. The Morgan fingerprint density at radius 2 is 2.27 bits per heavy atom. The molecule has 0 radical (unpaired) electrons. The third kappa shape index (κ3) is 1.56. The van der Waals surface area contributed by atoms with Gasteiger partial charge in [-0.15, -0.1) is 0 Å². The Balaban J connectivity index is 2.61. The van der Waals surface area contributed by atoms with Gasteiger partial charge in [0.2, 0.25) is 0 Å². The van der Waals surface area contributed by atoms with Crippen LogP contribution in [0.25, 0.3) is 0 Å². The van der Waals surface area contributed by atoms with Crippen LogP contribution in [0.2, 0.25) is 0 Å². The Kier molecular flexibility index (Phi) is 2.15. The summed E-state index contributed by atoms with van der Waals surface area (Å²) in [7, 11) is 0. The number of aryl methyl sites for hydroxylation is 1. The molecule has 0 aromatic carbocycles. The summed E-state index contributed by atoms with van der Waals surface area (Å²) in [5, 5.41) is 8.88. The predicted molar refractivity (Wildman–Crippen MR) is 59.3 cm³/mol. The Hall–Kier alpha value is -1.56. The summed E-state index contributed by atoms with van der Waals surface area (Å²) in [6.45, 7) is 4.37. The minimum atomic E-state index is 0.0929. The van der Waals surface area contributed by atoms with E-state index in [9.17, 15) is 0 Å². The largest absolute Gasteiger partial charge is 0.383 e. The molecule has 2 rings (SSSR count). The van der Waals surface area contributed by atoms with Crippen LogP contribution in [0.4, 0.5) is 5.82 Å². The maximum absolute atomic E-state index is 8.88. The van der Waals surface area contributed by atoms with E-state index < -0.39 is 0 Å². The SMILES string of the molecule is CC1(C)CCCc2cc(C#N)c(N)nc21. The Morgan fingerprint density at radius 3 is 2.93 bits per heavy atom. The molecule has 0 saturated carbocycles. The number of nitrogens with two attached hydrogens (primary N) is 1. The molecule has 1 aromatic heterocycles. The second-order valence-corrected chi connectivity index (χ2v) is 4.78. The zero-order valence-electron chi connectivity index (χ0n) is 9.17. The lowest BCUT2D eigenvalue weighted by molar-refractivity contribution is 0.419. The Morgan fingerprint density at radius 1 is 1.53 bits per heavy atom. The summed E-state index contributed by atoms with van der Waals surface area (Å²) in [5.41, 5.74) is 8.61. The number of nitriles is 1. The van der Waals surface area contributed by atoms with Crippen LogP contribution >= 0.6 is 0 Å². The highest BCUT2D eigenvalue weighted by Gasteiger charge is 2.29. The van der Waals surface area contributed by atoms with Crippen molar-refractivity contribution in [2.24, 2.45) is 0 Å². The molecule has 3 heteroatoms. The molecule has 78 valence electrons. The van der Waals surface area contributed by atoms with Gasteiger partial charge in [-0.25, -0.2) is 4.98 Å². The van der Waals surface area contributed by atoms with Gasteiger partial charge in [0, 0.05) is 5.41 Å². The van der Waals surface area contributed by atoms with Gasteiger partial charge in [0.1, 0.15) is 11.9 Å². The van der Waals surface area contributed by atoms with Crippen molar-refractivity contribution in [2.75, 3.05) is 5.73 Å². The highest BCUT2D eigenvalue weighted by molar-refractivity contribution is 5.52. The lowest BCUT2D eigenvalue weighted by Crippen LogP contribution is -2.26. The van der Waals surface area contributed by atoms with Gasteiger partial charge in [-0.1, -0.05) is 13.8 Å². The second kappa shape index (κ2) is 3.23. The molecular weight excluding hydrogens is 186 g/mol. The number of hydrogen-bond donors (Lipinski definition) is 1. The van der Waals surface area contributed by atoms with Gasteiger partial charge in [0.15, 0.2) is 0 Å². The lowest BCUT2D eigenvalue weighted by Gasteiger charge is -2.31. The molecule has 1 heterocycles. The Bertz CT molecular complexity index is 441. The Labute approximate surface area is 89.9 Å². The predicted octanol–water partition coefficient (Wildman–Crippen LogP) is 2.15. The number of pyridine rings is 1. The van der Waals surface area contributed by atoms with Gasteiger partial charge < -0.3 is 5.73 Å². The second-order valence-electron chi connectivity index (χ2n) is 4.78. The van der Waals surface area contributed by atoms with Crippen molar-refractivity contribution in [2.45, 2.75) is 38.5 Å². The standard InChI is InChI=1S/C12H15N3/c1-12(2)5-3-4-8-6-9(7-13)11(14)15-10(8)12/h6H,3-5H2,1-2H3,(H2,14,15). The molecule has 2 N–H and O–H groups in total. The van der Waals surface area contributed by atoms with E-state index >= 15 is 0 Å². The number of fused-ring (bicyclic) bond motifs is 1. The van der Waals surface area contributed by atoms with E-state index in [2.05, 4.69) is 24.9 Å². The van der Waals surface area contributed by atoms with Crippen molar-refractivity contribution >= 4 is 5.82 Å². The summed E-state index contributed by atoms with van der Waals surface area (Å²) >= 11 is 0. The quantitative estimate of drug-likeness (QED) is 0.699. The lowest BCUT2D eigenvalue weighted by atomic mass is 9.76. The van der Waals surface area contributed by atoms with Gasteiger partial charge >= 0.3 is 0 Å². The van der Waals surface area contributed by atoms with Gasteiger partial charge in [-0.05, 0) is 30.9 Å². The van der Waals surface area contributed by atoms with Gasteiger partial charge in [0.25, 0.3) is 0 Å². The molecule has 0 bridgehead atoms. The van der Waals surface area contributed by atoms with Crippen LogP contribution in [0.15, 0.2) is 6.07 Å². The number of hydrogen-bond acceptors (Lipinski definition) is 3. The molecule has 0 unspecified atom stereocenters. The molecule has 0 fully saturated rings. The first kappa shape index (κ1) is 9.97. The molecular formula is C12H15N3. The zero-order valence-corrected chi connectivity index (χ0v) is 9.17. The number of nitrogen functional groups attached to an aromatic ring is 1. The summed E-state index contributed by atoms with van der Waals surface area (Å²) in [5.74, 6) is 0.367. The third-order valence-corrected chi connectivity index (χ3v) is 3.14. The monoisotopic (exact) mass is 201 g/mol. The molecule has 15 heavy (non-hydrogen) atoms. The van der Waals surface area contributed by atoms with E-state index in [4.69, 9.17) is 11.0 Å². The maximum atomic E-state index is 8.88. The van der Waals surface area contributed by atoms with E-state index in [1.807, 2.05) is 6.07 Å². The fraction of sp³-hybridized carbons (Fsp3) is 0.500. The molecule has 1 aliphatic carbocycles. The topological polar surface area (TPSA) is 62.7 Å². The van der Waals surface area contributed by atoms with Crippen molar-refractivity contribution in [3.05, 3.63) is 22.9 Å². The van der Waals surface area contributed by atoms with Crippen molar-refractivity contribution in [3.8, 4) is 6.07 Å². The number of aromatic nitrogens is 1. The first-order valence-corrected chi connectivity index (χ1v) is 5.24.